The molecule has 0 amide bonds. The fourth-order valence-electron chi connectivity index (χ4n) is 1.82. The Hall–Kier alpha value is -0.890. The standard InChI is InChI=1S/C14H22FN/c1-4-6-14(16-9-5-2)12-8-7-11(3)13(15)10-12/h7-8,10,14,16H,4-6,9H2,1-3H3. The molecule has 2 heteroatoms. The van der Waals surface area contributed by atoms with Crippen LogP contribution in [0.4, 0.5) is 4.39 Å². The van der Waals surface area contributed by atoms with Crippen LogP contribution in [-0.2, 0) is 0 Å². The molecule has 0 spiro atoms. The molecule has 0 aliphatic rings. The van der Waals surface area contributed by atoms with Crippen LogP contribution in [0.2, 0.25) is 0 Å². The second-order valence-corrected chi connectivity index (χ2v) is 4.30. The second-order valence-electron chi connectivity index (χ2n) is 4.30. The molecule has 0 fully saturated rings. The number of hydrogen-bond donors (Lipinski definition) is 1. The fraction of sp³-hybridized carbons (Fsp3) is 0.571. The van der Waals surface area contributed by atoms with Gasteiger partial charge in [-0.1, -0.05) is 32.4 Å². The molecule has 1 aromatic carbocycles. The molecule has 0 aliphatic carbocycles. The lowest BCUT2D eigenvalue weighted by Gasteiger charge is -2.18. The van der Waals surface area contributed by atoms with Crippen molar-refractivity contribution in [3.63, 3.8) is 0 Å². The van der Waals surface area contributed by atoms with Gasteiger partial charge in [0.15, 0.2) is 0 Å². The van der Waals surface area contributed by atoms with Crippen molar-refractivity contribution >= 4 is 0 Å². The smallest absolute Gasteiger partial charge is 0.126 e. The molecule has 1 rings (SSSR count). The van der Waals surface area contributed by atoms with Crippen molar-refractivity contribution in [3.8, 4) is 0 Å². The van der Waals surface area contributed by atoms with Gasteiger partial charge in [0.05, 0.1) is 0 Å². The largest absolute Gasteiger partial charge is 0.310 e. The molecule has 0 saturated carbocycles. The second kappa shape index (κ2) is 6.64. The van der Waals surface area contributed by atoms with Crippen molar-refractivity contribution in [2.24, 2.45) is 0 Å². The lowest BCUT2D eigenvalue weighted by Crippen LogP contribution is -2.22. The molecular formula is C14H22FN. The third-order valence-electron chi connectivity index (χ3n) is 2.82. The lowest BCUT2D eigenvalue weighted by atomic mass is 10.0. The molecule has 1 unspecified atom stereocenters. The first-order chi connectivity index (χ1) is 7.69. The average Bonchev–Trinajstić information content (AvgIpc) is 2.28. The molecule has 0 bridgehead atoms. The minimum atomic E-state index is -0.100. The molecule has 0 saturated heterocycles. The van der Waals surface area contributed by atoms with Gasteiger partial charge in [-0.2, -0.15) is 0 Å². The van der Waals surface area contributed by atoms with Crippen LogP contribution >= 0.6 is 0 Å². The quantitative estimate of drug-likeness (QED) is 0.769. The summed E-state index contributed by atoms with van der Waals surface area (Å²) >= 11 is 0. The van der Waals surface area contributed by atoms with Crippen LogP contribution in [0, 0.1) is 12.7 Å². The highest BCUT2D eigenvalue weighted by molar-refractivity contribution is 5.25. The molecule has 0 heterocycles. The maximum absolute atomic E-state index is 13.5. The van der Waals surface area contributed by atoms with E-state index in [-0.39, 0.29) is 5.82 Å². The van der Waals surface area contributed by atoms with Gasteiger partial charge in [0.25, 0.3) is 0 Å². The Morgan fingerprint density at radius 1 is 1.25 bits per heavy atom. The Morgan fingerprint density at radius 2 is 2.00 bits per heavy atom. The topological polar surface area (TPSA) is 12.0 Å². The van der Waals surface area contributed by atoms with Crippen molar-refractivity contribution in [1.82, 2.24) is 5.32 Å². The maximum atomic E-state index is 13.5. The van der Waals surface area contributed by atoms with Gasteiger partial charge in [0.1, 0.15) is 5.82 Å². The maximum Gasteiger partial charge on any atom is 0.126 e. The minimum absolute atomic E-state index is 0.100. The molecule has 0 aliphatic heterocycles. The predicted octanol–water partition coefficient (Wildman–Crippen LogP) is 3.97. The summed E-state index contributed by atoms with van der Waals surface area (Å²) in [6.45, 7) is 7.09. The molecule has 1 aromatic rings. The fourth-order valence-corrected chi connectivity index (χ4v) is 1.82. The number of hydrogen-bond acceptors (Lipinski definition) is 1. The highest BCUT2D eigenvalue weighted by Crippen LogP contribution is 2.20. The van der Waals surface area contributed by atoms with Crippen LogP contribution < -0.4 is 5.32 Å². The van der Waals surface area contributed by atoms with Gasteiger partial charge in [-0.15, -0.1) is 0 Å². The van der Waals surface area contributed by atoms with E-state index in [0.717, 1.165) is 36.9 Å². The number of rotatable bonds is 6. The zero-order valence-electron chi connectivity index (χ0n) is 10.5. The van der Waals surface area contributed by atoms with E-state index in [4.69, 9.17) is 0 Å². The summed E-state index contributed by atoms with van der Waals surface area (Å²) in [6, 6.07) is 5.85. The SMILES string of the molecule is CCCNC(CCC)c1ccc(C)c(F)c1. The van der Waals surface area contributed by atoms with Gasteiger partial charge < -0.3 is 5.32 Å². The molecule has 0 radical (unpaired) electrons. The van der Waals surface area contributed by atoms with E-state index in [2.05, 4.69) is 19.2 Å². The van der Waals surface area contributed by atoms with Crippen LogP contribution in [0.25, 0.3) is 0 Å². The van der Waals surface area contributed by atoms with Gasteiger partial charge in [-0.3, -0.25) is 0 Å². The number of aryl methyl sites for hydroxylation is 1. The highest BCUT2D eigenvalue weighted by Gasteiger charge is 2.10. The Labute approximate surface area is 98.1 Å². The Balaban J connectivity index is 2.78. The van der Waals surface area contributed by atoms with Crippen molar-refractivity contribution in [2.75, 3.05) is 6.54 Å². The molecule has 16 heavy (non-hydrogen) atoms. The summed E-state index contributed by atoms with van der Waals surface area (Å²) in [5.74, 6) is -0.100. The number of nitrogens with one attached hydrogen (secondary N) is 1. The first-order valence-corrected chi connectivity index (χ1v) is 6.18. The monoisotopic (exact) mass is 223 g/mol. The summed E-state index contributed by atoms with van der Waals surface area (Å²) in [4.78, 5) is 0. The molecule has 1 nitrogen and oxygen atoms in total. The first-order valence-electron chi connectivity index (χ1n) is 6.18. The summed E-state index contributed by atoms with van der Waals surface area (Å²) in [6.07, 6.45) is 3.27. The lowest BCUT2D eigenvalue weighted by molar-refractivity contribution is 0.490. The van der Waals surface area contributed by atoms with Gasteiger partial charge in [-0.25, -0.2) is 4.39 Å². The van der Waals surface area contributed by atoms with Crippen LogP contribution in [0.15, 0.2) is 18.2 Å². The Kier molecular flexibility index (Phi) is 5.47. The summed E-state index contributed by atoms with van der Waals surface area (Å²) in [7, 11) is 0. The van der Waals surface area contributed by atoms with Gasteiger partial charge in [-0.05, 0) is 43.5 Å². The molecule has 1 N–H and O–H groups in total. The van der Waals surface area contributed by atoms with Crippen molar-refractivity contribution in [2.45, 2.75) is 46.1 Å². The number of halogens is 1. The molecule has 0 aromatic heterocycles. The van der Waals surface area contributed by atoms with Gasteiger partial charge in [0.2, 0.25) is 0 Å². The molecular weight excluding hydrogens is 201 g/mol. The first kappa shape index (κ1) is 13.2. The Morgan fingerprint density at radius 3 is 2.56 bits per heavy atom. The zero-order chi connectivity index (χ0) is 12.0. The van der Waals surface area contributed by atoms with Crippen molar-refractivity contribution in [3.05, 3.63) is 35.1 Å². The predicted molar refractivity (Wildman–Crippen MR) is 67.1 cm³/mol. The molecule has 90 valence electrons. The van der Waals surface area contributed by atoms with E-state index in [1.54, 1.807) is 13.0 Å². The van der Waals surface area contributed by atoms with E-state index in [1.165, 1.54) is 0 Å². The number of benzene rings is 1. The van der Waals surface area contributed by atoms with Crippen molar-refractivity contribution in [1.29, 1.82) is 0 Å². The van der Waals surface area contributed by atoms with E-state index < -0.39 is 0 Å². The third-order valence-corrected chi connectivity index (χ3v) is 2.82. The third kappa shape index (κ3) is 3.60. The van der Waals surface area contributed by atoms with E-state index in [0.29, 0.717) is 6.04 Å². The van der Waals surface area contributed by atoms with Crippen LogP contribution in [0.5, 0.6) is 0 Å². The normalized spacial score (nSPS) is 12.8. The minimum Gasteiger partial charge on any atom is -0.310 e. The average molecular weight is 223 g/mol. The molecule has 1 atom stereocenters. The summed E-state index contributed by atoms with van der Waals surface area (Å²) < 4.78 is 13.5. The summed E-state index contributed by atoms with van der Waals surface area (Å²) in [5, 5.41) is 3.47. The van der Waals surface area contributed by atoms with Crippen LogP contribution in [0.3, 0.4) is 0 Å². The van der Waals surface area contributed by atoms with Crippen LogP contribution in [-0.4, -0.2) is 6.54 Å². The zero-order valence-corrected chi connectivity index (χ0v) is 10.5. The summed E-state index contributed by atoms with van der Waals surface area (Å²) in [5.41, 5.74) is 1.79. The van der Waals surface area contributed by atoms with E-state index in [1.807, 2.05) is 12.1 Å². The highest BCUT2D eigenvalue weighted by atomic mass is 19.1. The van der Waals surface area contributed by atoms with E-state index in [9.17, 15) is 4.39 Å². The Bertz CT molecular complexity index is 323. The van der Waals surface area contributed by atoms with Crippen molar-refractivity contribution < 1.29 is 4.39 Å². The van der Waals surface area contributed by atoms with Crippen LogP contribution in [0.1, 0.15) is 50.3 Å². The van der Waals surface area contributed by atoms with E-state index >= 15 is 0 Å². The van der Waals surface area contributed by atoms with Gasteiger partial charge >= 0.3 is 0 Å². The van der Waals surface area contributed by atoms with Gasteiger partial charge in [0, 0.05) is 6.04 Å².